The number of rotatable bonds is 8. The smallest absolute Gasteiger partial charge is 0.251 e. The minimum Gasteiger partial charge on any atom is -0.352 e. The van der Waals surface area contributed by atoms with Gasteiger partial charge in [-0.1, -0.05) is 30.7 Å². The molecule has 0 radical (unpaired) electrons. The Bertz CT molecular complexity index is 491. The van der Waals surface area contributed by atoms with Crippen LogP contribution in [-0.2, 0) is 0 Å². The number of unbranched alkanes of at least 4 members (excludes halogenated alkanes) is 3. The van der Waals surface area contributed by atoms with E-state index in [-0.39, 0.29) is 5.91 Å². The number of amides is 1. The molecule has 0 aliphatic rings. The second-order valence-electron chi connectivity index (χ2n) is 4.75. The summed E-state index contributed by atoms with van der Waals surface area (Å²) in [4.78, 5) is 12.0. The third kappa shape index (κ3) is 7.79. The van der Waals surface area contributed by atoms with E-state index in [0.29, 0.717) is 12.1 Å². The molecule has 0 aromatic heterocycles. The van der Waals surface area contributed by atoms with Gasteiger partial charge in [-0.25, -0.2) is 0 Å². The molecule has 1 amide bonds. The monoisotopic (exact) mass is 304 g/mol. The molecule has 114 valence electrons. The van der Waals surface area contributed by atoms with Gasteiger partial charge in [0, 0.05) is 17.7 Å². The molecule has 3 nitrogen and oxygen atoms in total. The lowest BCUT2D eigenvalue weighted by molar-refractivity contribution is 0.0953. The molecule has 0 saturated heterocycles. The quantitative estimate of drug-likeness (QED) is 0.573. The van der Waals surface area contributed by atoms with E-state index in [9.17, 15) is 4.79 Å². The second-order valence-corrected chi connectivity index (χ2v) is 5.74. The Morgan fingerprint density at radius 2 is 2.10 bits per heavy atom. The molecule has 0 aliphatic heterocycles. The Labute approximate surface area is 132 Å². The van der Waals surface area contributed by atoms with Crippen molar-refractivity contribution in [3.63, 3.8) is 0 Å². The lowest BCUT2D eigenvalue weighted by Gasteiger charge is -2.05. The topological polar surface area (TPSA) is 55.1 Å². The number of thioether (sulfide) groups is 1. The van der Waals surface area contributed by atoms with Crippen LogP contribution >= 0.6 is 11.8 Å². The summed E-state index contributed by atoms with van der Waals surface area (Å²) in [5.74, 6) is 6.92. The molecule has 4 heteroatoms. The van der Waals surface area contributed by atoms with E-state index < -0.39 is 0 Å². The zero-order chi connectivity index (χ0) is 15.3. The van der Waals surface area contributed by atoms with Crippen LogP contribution in [0.2, 0.25) is 0 Å². The first kappa shape index (κ1) is 17.6. The molecule has 0 spiro atoms. The zero-order valence-corrected chi connectivity index (χ0v) is 13.5. The van der Waals surface area contributed by atoms with Gasteiger partial charge in [0.15, 0.2) is 0 Å². The number of hydrogen-bond acceptors (Lipinski definition) is 3. The van der Waals surface area contributed by atoms with Crippen LogP contribution in [0.5, 0.6) is 0 Å². The maximum absolute atomic E-state index is 12.0. The fraction of sp³-hybridized carbons (Fsp3) is 0.471. The van der Waals surface area contributed by atoms with Gasteiger partial charge in [0.2, 0.25) is 0 Å². The van der Waals surface area contributed by atoms with Gasteiger partial charge in [-0.3, -0.25) is 4.79 Å². The lowest BCUT2D eigenvalue weighted by Crippen LogP contribution is -2.24. The fourth-order valence-electron chi connectivity index (χ4n) is 1.92. The number of nitrogens with two attached hydrogens (primary N) is 1. The molecule has 0 saturated carbocycles. The summed E-state index contributed by atoms with van der Waals surface area (Å²) in [5.41, 5.74) is 6.82. The molecule has 0 atom stereocenters. The standard InChI is InChI=1S/C17H24N2OS/c1-21-13-5-3-2-4-12-19-17(20)16-10-6-8-15(14-16)9-7-11-18/h6,8,10,14H,2-5,11-13,18H2,1H3,(H,19,20). The molecule has 0 fully saturated rings. The van der Waals surface area contributed by atoms with Crippen molar-refractivity contribution in [2.75, 3.05) is 25.1 Å². The summed E-state index contributed by atoms with van der Waals surface area (Å²) >= 11 is 1.89. The summed E-state index contributed by atoms with van der Waals surface area (Å²) in [5, 5.41) is 2.96. The summed E-state index contributed by atoms with van der Waals surface area (Å²) in [7, 11) is 0. The van der Waals surface area contributed by atoms with Crippen molar-refractivity contribution < 1.29 is 4.79 Å². The molecule has 0 bridgehead atoms. The van der Waals surface area contributed by atoms with Crippen molar-refractivity contribution >= 4 is 17.7 Å². The number of hydrogen-bond donors (Lipinski definition) is 2. The largest absolute Gasteiger partial charge is 0.352 e. The molecular weight excluding hydrogens is 280 g/mol. The van der Waals surface area contributed by atoms with E-state index in [0.717, 1.165) is 18.5 Å². The molecule has 1 aromatic rings. The van der Waals surface area contributed by atoms with Crippen molar-refractivity contribution in [3.8, 4) is 11.8 Å². The third-order valence-electron chi connectivity index (χ3n) is 3.02. The predicted octanol–water partition coefficient (Wildman–Crippen LogP) is 2.65. The molecule has 0 unspecified atom stereocenters. The number of nitrogens with one attached hydrogen (secondary N) is 1. The van der Waals surface area contributed by atoms with E-state index in [1.54, 1.807) is 12.1 Å². The Balaban J connectivity index is 2.32. The molecule has 21 heavy (non-hydrogen) atoms. The first-order valence-corrected chi connectivity index (χ1v) is 8.73. The highest BCUT2D eigenvalue weighted by Crippen LogP contribution is 2.06. The molecule has 0 heterocycles. The van der Waals surface area contributed by atoms with Crippen LogP contribution in [0.4, 0.5) is 0 Å². The molecule has 1 aromatic carbocycles. The van der Waals surface area contributed by atoms with E-state index in [1.807, 2.05) is 23.9 Å². The van der Waals surface area contributed by atoms with E-state index >= 15 is 0 Å². The normalized spacial score (nSPS) is 9.81. The minimum absolute atomic E-state index is 0.0319. The Kier molecular flexibility index (Phi) is 9.43. The highest BCUT2D eigenvalue weighted by molar-refractivity contribution is 7.98. The molecule has 0 aliphatic carbocycles. The molecular formula is C17H24N2OS. The van der Waals surface area contributed by atoms with Crippen LogP contribution in [0.25, 0.3) is 0 Å². The van der Waals surface area contributed by atoms with Crippen LogP contribution in [0, 0.1) is 11.8 Å². The highest BCUT2D eigenvalue weighted by Gasteiger charge is 2.04. The molecule has 1 rings (SSSR count). The van der Waals surface area contributed by atoms with Gasteiger partial charge in [-0.2, -0.15) is 11.8 Å². The van der Waals surface area contributed by atoms with Gasteiger partial charge in [-0.15, -0.1) is 0 Å². The first-order valence-electron chi connectivity index (χ1n) is 7.34. The van der Waals surface area contributed by atoms with E-state index in [2.05, 4.69) is 23.4 Å². The van der Waals surface area contributed by atoms with Crippen LogP contribution in [0.1, 0.15) is 41.6 Å². The summed E-state index contributed by atoms with van der Waals surface area (Å²) < 4.78 is 0. The lowest BCUT2D eigenvalue weighted by atomic mass is 10.1. The number of carbonyl (C=O) groups excluding carboxylic acids is 1. The summed E-state index contributed by atoms with van der Waals surface area (Å²) in [6, 6.07) is 7.33. The number of carbonyl (C=O) groups is 1. The maximum Gasteiger partial charge on any atom is 0.251 e. The van der Waals surface area contributed by atoms with Crippen LogP contribution in [0.3, 0.4) is 0 Å². The summed E-state index contributed by atoms with van der Waals surface area (Å²) in [6.45, 7) is 1.06. The first-order chi connectivity index (χ1) is 10.3. The Morgan fingerprint density at radius 1 is 1.29 bits per heavy atom. The molecule has 3 N–H and O–H groups in total. The van der Waals surface area contributed by atoms with Gasteiger partial charge < -0.3 is 11.1 Å². The average Bonchev–Trinajstić information content (AvgIpc) is 2.52. The Hall–Kier alpha value is -1.44. The van der Waals surface area contributed by atoms with Crippen molar-refractivity contribution in [1.82, 2.24) is 5.32 Å². The second kappa shape index (κ2) is 11.2. The Morgan fingerprint density at radius 3 is 2.86 bits per heavy atom. The average molecular weight is 304 g/mol. The minimum atomic E-state index is -0.0319. The van der Waals surface area contributed by atoms with Crippen molar-refractivity contribution in [1.29, 1.82) is 0 Å². The third-order valence-corrected chi connectivity index (χ3v) is 3.72. The van der Waals surface area contributed by atoms with Crippen LogP contribution < -0.4 is 11.1 Å². The predicted molar refractivity (Wildman–Crippen MR) is 91.6 cm³/mol. The van der Waals surface area contributed by atoms with Gasteiger partial charge in [0.05, 0.1) is 6.54 Å². The van der Waals surface area contributed by atoms with Crippen molar-refractivity contribution in [2.24, 2.45) is 5.73 Å². The van der Waals surface area contributed by atoms with Gasteiger partial charge in [0.25, 0.3) is 5.91 Å². The fourth-order valence-corrected chi connectivity index (χ4v) is 2.41. The van der Waals surface area contributed by atoms with Crippen LogP contribution in [0.15, 0.2) is 24.3 Å². The van der Waals surface area contributed by atoms with Gasteiger partial charge in [-0.05, 0) is 43.0 Å². The zero-order valence-electron chi connectivity index (χ0n) is 12.7. The van der Waals surface area contributed by atoms with Crippen molar-refractivity contribution in [2.45, 2.75) is 25.7 Å². The van der Waals surface area contributed by atoms with Crippen LogP contribution in [-0.4, -0.2) is 31.0 Å². The van der Waals surface area contributed by atoms with Gasteiger partial charge >= 0.3 is 0 Å². The maximum atomic E-state index is 12.0. The number of benzene rings is 1. The van der Waals surface area contributed by atoms with E-state index in [4.69, 9.17) is 5.73 Å². The van der Waals surface area contributed by atoms with E-state index in [1.165, 1.54) is 25.0 Å². The van der Waals surface area contributed by atoms with Gasteiger partial charge in [0.1, 0.15) is 0 Å². The SMILES string of the molecule is CSCCCCCCNC(=O)c1cccc(C#CCN)c1. The van der Waals surface area contributed by atoms with Crippen molar-refractivity contribution in [3.05, 3.63) is 35.4 Å². The highest BCUT2D eigenvalue weighted by atomic mass is 32.2. The summed E-state index contributed by atoms with van der Waals surface area (Å²) in [6.07, 6.45) is 6.83.